The molecular formula is C57H40N2. The van der Waals surface area contributed by atoms with E-state index >= 15 is 0 Å². The number of benzene rings is 10. The summed E-state index contributed by atoms with van der Waals surface area (Å²) in [6.45, 7) is 4.79. The minimum atomic E-state index is -0.201. The second-order valence-corrected chi connectivity index (χ2v) is 16.5. The van der Waals surface area contributed by atoms with Gasteiger partial charge in [-0.15, -0.1) is 0 Å². The fourth-order valence-electron chi connectivity index (χ4n) is 10.2. The van der Waals surface area contributed by atoms with Crippen LogP contribution in [0.1, 0.15) is 25.0 Å². The lowest BCUT2D eigenvalue weighted by atomic mass is 9.82. The second-order valence-electron chi connectivity index (χ2n) is 16.5. The van der Waals surface area contributed by atoms with Crippen LogP contribution in [0.15, 0.2) is 206 Å². The molecule has 0 bridgehead atoms. The van der Waals surface area contributed by atoms with Crippen molar-refractivity contribution < 1.29 is 0 Å². The SMILES string of the molecule is CC1(C)c2cc3ccccc3cc2-c2c(N(c3ccc4ccccc4c3-c3cccc4ccccc34)c3cccc4c3c3ccccc3n4-c3ccccc3)cccc21. The first-order chi connectivity index (χ1) is 29.1. The molecule has 11 aromatic rings. The molecule has 0 atom stereocenters. The Bertz CT molecular complexity index is 3470. The van der Waals surface area contributed by atoms with Gasteiger partial charge < -0.3 is 9.47 Å². The molecule has 2 heteroatoms. The molecule has 0 saturated heterocycles. The maximum atomic E-state index is 2.60. The molecule has 0 saturated carbocycles. The molecule has 278 valence electrons. The molecule has 59 heavy (non-hydrogen) atoms. The van der Waals surface area contributed by atoms with Crippen LogP contribution in [-0.2, 0) is 5.41 Å². The number of fused-ring (bicyclic) bond motifs is 9. The summed E-state index contributed by atoms with van der Waals surface area (Å²) in [5.74, 6) is 0. The van der Waals surface area contributed by atoms with Crippen LogP contribution < -0.4 is 4.90 Å². The van der Waals surface area contributed by atoms with E-state index in [1.54, 1.807) is 0 Å². The molecule has 0 amide bonds. The summed E-state index contributed by atoms with van der Waals surface area (Å²) in [6, 6.07) is 76.4. The smallest absolute Gasteiger partial charge is 0.0562 e. The monoisotopic (exact) mass is 752 g/mol. The van der Waals surface area contributed by atoms with Crippen molar-refractivity contribution in [2.24, 2.45) is 0 Å². The van der Waals surface area contributed by atoms with Crippen LogP contribution in [0.25, 0.3) is 82.1 Å². The number of aromatic nitrogens is 1. The van der Waals surface area contributed by atoms with Crippen molar-refractivity contribution in [3.05, 3.63) is 217 Å². The van der Waals surface area contributed by atoms with Crippen molar-refractivity contribution in [2.45, 2.75) is 19.3 Å². The highest BCUT2D eigenvalue weighted by Gasteiger charge is 2.39. The molecule has 1 aliphatic rings. The topological polar surface area (TPSA) is 8.17 Å². The highest BCUT2D eigenvalue weighted by molar-refractivity contribution is 6.19. The number of rotatable bonds is 5. The third-order valence-corrected chi connectivity index (χ3v) is 12.9. The van der Waals surface area contributed by atoms with Crippen molar-refractivity contribution >= 4 is 71.2 Å². The zero-order valence-corrected chi connectivity index (χ0v) is 33.0. The van der Waals surface area contributed by atoms with Gasteiger partial charge in [0.2, 0.25) is 0 Å². The van der Waals surface area contributed by atoms with E-state index in [0.29, 0.717) is 0 Å². The van der Waals surface area contributed by atoms with Gasteiger partial charge in [-0.25, -0.2) is 0 Å². The number of anilines is 3. The minimum absolute atomic E-state index is 0.201. The van der Waals surface area contributed by atoms with Crippen molar-refractivity contribution in [1.82, 2.24) is 4.57 Å². The summed E-state index contributed by atoms with van der Waals surface area (Å²) in [5.41, 5.74) is 14.5. The molecule has 1 aromatic heterocycles. The van der Waals surface area contributed by atoms with E-state index in [0.717, 1.165) is 17.1 Å². The first kappa shape index (κ1) is 33.7. The number of hydrogen-bond acceptors (Lipinski definition) is 1. The fourth-order valence-corrected chi connectivity index (χ4v) is 10.2. The van der Waals surface area contributed by atoms with E-state index in [1.165, 1.54) is 93.2 Å². The first-order valence-electron chi connectivity index (χ1n) is 20.6. The zero-order valence-electron chi connectivity index (χ0n) is 33.0. The average molecular weight is 753 g/mol. The van der Waals surface area contributed by atoms with Gasteiger partial charge in [0, 0.05) is 33.0 Å². The summed E-state index contributed by atoms with van der Waals surface area (Å²) >= 11 is 0. The summed E-state index contributed by atoms with van der Waals surface area (Å²) in [5, 5.41) is 9.88. The van der Waals surface area contributed by atoms with Crippen LogP contribution in [-0.4, -0.2) is 4.57 Å². The van der Waals surface area contributed by atoms with Gasteiger partial charge in [0.1, 0.15) is 0 Å². The summed E-state index contributed by atoms with van der Waals surface area (Å²) < 4.78 is 2.43. The minimum Gasteiger partial charge on any atom is -0.309 e. The highest BCUT2D eigenvalue weighted by Crippen LogP contribution is 2.57. The predicted octanol–water partition coefficient (Wildman–Crippen LogP) is 15.7. The molecule has 0 aliphatic heterocycles. The lowest BCUT2D eigenvalue weighted by molar-refractivity contribution is 0.661. The maximum absolute atomic E-state index is 2.60. The molecule has 1 heterocycles. The zero-order chi connectivity index (χ0) is 39.2. The largest absolute Gasteiger partial charge is 0.309 e. The Balaban J connectivity index is 1.26. The normalized spacial score (nSPS) is 13.1. The number of para-hydroxylation sites is 2. The average Bonchev–Trinajstić information content (AvgIpc) is 3.74. The van der Waals surface area contributed by atoms with Crippen molar-refractivity contribution in [2.75, 3.05) is 4.90 Å². The molecule has 0 radical (unpaired) electrons. The van der Waals surface area contributed by atoms with Crippen molar-refractivity contribution in [3.8, 4) is 27.9 Å². The van der Waals surface area contributed by atoms with Gasteiger partial charge >= 0.3 is 0 Å². The third-order valence-electron chi connectivity index (χ3n) is 12.9. The standard InChI is InChI=1S/C57H40N2/c1-57(2)47-28-15-30-50(55(47)46-35-39-19-6-7-20-40(39)36-48(46)57)59(52-32-16-31-51-56(52)45-26-12-13-29-49(45)58(51)41-22-4-3-5-23-41)53-34-33-38-18-9-11-25-43(38)54(53)44-27-14-21-37-17-8-10-24-42(37)44/h3-36H,1-2H3. The molecule has 10 aromatic carbocycles. The van der Waals surface area contributed by atoms with E-state index < -0.39 is 0 Å². The molecule has 2 nitrogen and oxygen atoms in total. The third kappa shape index (κ3) is 4.93. The van der Waals surface area contributed by atoms with Gasteiger partial charge in [-0.1, -0.05) is 166 Å². The lowest BCUT2D eigenvalue weighted by Gasteiger charge is -2.32. The van der Waals surface area contributed by atoms with Crippen LogP contribution in [0.2, 0.25) is 0 Å². The summed E-state index contributed by atoms with van der Waals surface area (Å²) in [7, 11) is 0. The Morgan fingerprint density at radius 1 is 0.373 bits per heavy atom. The maximum Gasteiger partial charge on any atom is 0.0562 e. The van der Waals surface area contributed by atoms with Crippen LogP contribution >= 0.6 is 0 Å². The van der Waals surface area contributed by atoms with Gasteiger partial charge in [0.25, 0.3) is 0 Å². The Morgan fingerprint density at radius 3 is 1.76 bits per heavy atom. The Hall–Kier alpha value is -7.42. The van der Waals surface area contributed by atoms with E-state index in [2.05, 4.69) is 230 Å². The molecule has 0 N–H and O–H groups in total. The quantitative estimate of drug-likeness (QED) is 0.170. The van der Waals surface area contributed by atoms with Crippen LogP contribution in [0.3, 0.4) is 0 Å². The van der Waals surface area contributed by atoms with E-state index in [1.807, 2.05) is 0 Å². The molecule has 0 unspecified atom stereocenters. The van der Waals surface area contributed by atoms with Gasteiger partial charge in [0.05, 0.1) is 28.1 Å². The summed E-state index contributed by atoms with van der Waals surface area (Å²) in [4.78, 5) is 2.60. The lowest BCUT2D eigenvalue weighted by Crippen LogP contribution is -2.16. The number of nitrogens with zero attached hydrogens (tertiary/aromatic N) is 2. The Kier molecular flexibility index (Phi) is 7.31. The Labute approximate surface area is 343 Å². The molecular weight excluding hydrogens is 713 g/mol. The highest BCUT2D eigenvalue weighted by atomic mass is 15.2. The van der Waals surface area contributed by atoms with E-state index in [-0.39, 0.29) is 5.41 Å². The van der Waals surface area contributed by atoms with Gasteiger partial charge in [0.15, 0.2) is 0 Å². The second kappa shape index (κ2) is 12.8. The van der Waals surface area contributed by atoms with Gasteiger partial charge in [-0.05, 0) is 109 Å². The first-order valence-corrected chi connectivity index (χ1v) is 20.6. The van der Waals surface area contributed by atoms with Crippen LogP contribution in [0.5, 0.6) is 0 Å². The van der Waals surface area contributed by atoms with Gasteiger partial charge in [-0.2, -0.15) is 0 Å². The predicted molar refractivity (Wildman–Crippen MR) is 251 cm³/mol. The fraction of sp³-hybridized carbons (Fsp3) is 0.0526. The Morgan fingerprint density at radius 2 is 0.949 bits per heavy atom. The molecule has 1 aliphatic carbocycles. The van der Waals surface area contributed by atoms with Crippen molar-refractivity contribution in [1.29, 1.82) is 0 Å². The van der Waals surface area contributed by atoms with E-state index in [9.17, 15) is 0 Å². The number of hydrogen-bond donors (Lipinski definition) is 0. The van der Waals surface area contributed by atoms with E-state index in [4.69, 9.17) is 0 Å². The van der Waals surface area contributed by atoms with Gasteiger partial charge in [-0.3, -0.25) is 0 Å². The molecule has 0 spiro atoms. The molecule has 12 rings (SSSR count). The van der Waals surface area contributed by atoms with Crippen LogP contribution in [0, 0.1) is 0 Å². The molecule has 0 fully saturated rings. The summed E-state index contributed by atoms with van der Waals surface area (Å²) in [6.07, 6.45) is 0. The van der Waals surface area contributed by atoms with Crippen LogP contribution in [0.4, 0.5) is 17.1 Å². The van der Waals surface area contributed by atoms with Crippen molar-refractivity contribution in [3.63, 3.8) is 0 Å².